The van der Waals surface area contributed by atoms with Crippen molar-refractivity contribution in [3.05, 3.63) is 35.4 Å². The molecule has 0 radical (unpaired) electrons. The Morgan fingerprint density at radius 3 is 2.65 bits per heavy atom. The van der Waals surface area contributed by atoms with E-state index in [1.807, 2.05) is 19.1 Å². The average Bonchev–Trinajstić information content (AvgIpc) is 2.95. The summed E-state index contributed by atoms with van der Waals surface area (Å²) in [6.07, 6.45) is 6.82. The molecule has 3 rings (SSSR count). The lowest BCUT2D eigenvalue weighted by molar-refractivity contribution is -0.0628. The molecule has 3 N–H and O–H groups in total. The number of aliphatic hydroxyl groups is 1. The van der Waals surface area contributed by atoms with E-state index in [1.165, 1.54) is 24.8 Å². The fourth-order valence-corrected chi connectivity index (χ4v) is 4.46. The summed E-state index contributed by atoms with van der Waals surface area (Å²) in [5.74, 6) is -0.00232. The number of hydrogen-bond donors (Lipinski definition) is 2. The number of nitrogens with two attached hydrogens (primary N) is 1. The summed E-state index contributed by atoms with van der Waals surface area (Å²) in [5.41, 5.74) is 6.54. The molecule has 0 bridgehead atoms. The molecular weight excluding hydrogens is 288 g/mol. The summed E-state index contributed by atoms with van der Waals surface area (Å²) < 4.78 is 0. The molecule has 1 aromatic carbocycles. The number of hydrogen-bond acceptors (Lipinski definition) is 3. The van der Waals surface area contributed by atoms with Crippen LogP contribution in [0.5, 0.6) is 0 Å². The molecular formula is C19H28N2O2. The average molecular weight is 316 g/mol. The van der Waals surface area contributed by atoms with E-state index in [0.29, 0.717) is 17.5 Å². The molecule has 4 heteroatoms. The first kappa shape index (κ1) is 16.5. The number of carbonyl (C=O) groups is 1. The van der Waals surface area contributed by atoms with Crippen LogP contribution in [-0.2, 0) is 6.54 Å². The van der Waals surface area contributed by atoms with Gasteiger partial charge in [0.25, 0.3) is 0 Å². The maximum absolute atomic E-state index is 11.2. The third kappa shape index (κ3) is 3.59. The van der Waals surface area contributed by atoms with Gasteiger partial charge in [-0.05, 0) is 56.8 Å². The molecule has 1 aromatic rings. The summed E-state index contributed by atoms with van der Waals surface area (Å²) in [6, 6.07) is 8.07. The Labute approximate surface area is 138 Å². The molecule has 1 amide bonds. The van der Waals surface area contributed by atoms with Gasteiger partial charge in [-0.3, -0.25) is 9.69 Å². The zero-order valence-corrected chi connectivity index (χ0v) is 14.0. The second-order valence-corrected chi connectivity index (χ2v) is 7.45. The number of carbonyl (C=O) groups excluding carboxylic acids is 1. The van der Waals surface area contributed by atoms with E-state index in [-0.39, 0.29) is 5.91 Å². The van der Waals surface area contributed by atoms with Gasteiger partial charge < -0.3 is 10.8 Å². The number of primary amides is 1. The SMILES string of the molecule is CC1(O)CCCCC1C1CCCN1Cc1ccc(C(N)=O)cc1. The number of likely N-dealkylation sites (tertiary alicyclic amines) is 1. The van der Waals surface area contributed by atoms with Crippen LogP contribution < -0.4 is 5.73 Å². The van der Waals surface area contributed by atoms with Crippen molar-refractivity contribution < 1.29 is 9.90 Å². The Morgan fingerprint density at radius 1 is 1.26 bits per heavy atom. The maximum Gasteiger partial charge on any atom is 0.248 e. The lowest BCUT2D eigenvalue weighted by Gasteiger charge is -2.43. The number of amides is 1. The van der Waals surface area contributed by atoms with Crippen molar-refractivity contribution in [2.75, 3.05) is 6.54 Å². The molecule has 126 valence electrons. The smallest absolute Gasteiger partial charge is 0.248 e. The van der Waals surface area contributed by atoms with Crippen LogP contribution in [0, 0.1) is 5.92 Å². The Bertz CT molecular complexity index is 553. The van der Waals surface area contributed by atoms with Gasteiger partial charge in [0, 0.05) is 24.1 Å². The summed E-state index contributed by atoms with van der Waals surface area (Å²) in [6.45, 7) is 4.00. The van der Waals surface area contributed by atoms with Gasteiger partial charge in [-0.15, -0.1) is 0 Å². The zero-order chi connectivity index (χ0) is 16.4. The van der Waals surface area contributed by atoms with Gasteiger partial charge in [-0.2, -0.15) is 0 Å². The lowest BCUT2D eigenvalue weighted by Crippen LogP contribution is -2.48. The second kappa shape index (κ2) is 6.62. The highest BCUT2D eigenvalue weighted by Gasteiger charge is 2.43. The van der Waals surface area contributed by atoms with E-state index in [4.69, 9.17) is 5.73 Å². The van der Waals surface area contributed by atoms with E-state index in [9.17, 15) is 9.90 Å². The molecule has 1 aliphatic carbocycles. The summed E-state index contributed by atoms with van der Waals surface area (Å²) in [4.78, 5) is 13.7. The zero-order valence-electron chi connectivity index (χ0n) is 14.0. The normalized spacial score (nSPS) is 32.1. The molecule has 1 saturated heterocycles. The first-order chi connectivity index (χ1) is 11.0. The Balaban J connectivity index is 1.70. The van der Waals surface area contributed by atoms with Crippen molar-refractivity contribution >= 4 is 5.91 Å². The van der Waals surface area contributed by atoms with Crippen molar-refractivity contribution in [1.82, 2.24) is 4.90 Å². The fourth-order valence-electron chi connectivity index (χ4n) is 4.46. The number of benzene rings is 1. The van der Waals surface area contributed by atoms with Crippen LogP contribution in [0.1, 0.15) is 61.4 Å². The van der Waals surface area contributed by atoms with E-state index < -0.39 is 5.60 Å². The van der Waals surface area contributed by atoms with Crippen LogP contribution in [0.15, 0.2) is 24.3 Å². The second-order valence-electron chi connectivity index (χ2n) is 7.45. The number of rotatable bonds is 4. The van der Waals surface area contributed by atoms with E-state index in [1.54, 1.807) is 12.1 Å². The molecule has 3 atom stereocenters. The minimum atomic E-state index is -0.526. The third-order valence-corrected chi connectivity index (χ3v) is 5.75. The molecule has 2 aliphatic rings. The van der Waals surface area contributed by atoms with Crippen molar-refractivity contribution in [3.63, 3.8) is 0 Å². The molecule has 1 heterocycles. The van der Waals surface area contributed by atoms with Gasteiger partial charge in [0.05, 0.1) is 5.60 Å². The van der Waals surface area contributed by atoms with Crippen LogP contribution in [-0.4, -0.2) is 34.1 Å². The third-order valence-electron chi connectivity index (χ3n) is 5.75. The van der Waals surface area contributed by atoms with Gasteiger partial charge in [0.2, 0.25) is 5.91 Å². The van der Waals surface area contributed by atoms with Crippen LogP contribution >= 0.6 is 0 Å². The lowest BCUT2D eigenvalue weighted by atomic mass is 9.72. The molecule has 4 nitrogen and oxygen atoms in total. The van der Waals surface area contributed by atoms with E-state index in [2.05, 4.69) is 4.90 Å². The molecule has 1 saturated carbocycles. The quantitative estimate of drug-likeness (QED) is 0.897. The van der Waals surface area contributed by atoms with E-state index in [0.717, 1.165) is 32.4 Å². The maximum atomic E-state index is 11.2. The Kier molecular flexibility index (Phi) is 4.74. The first-order valence-electron chi connectivity index (χ1n) is 8.82. The van der Waals surface area contributed by atoms with Gasteiger partial charge in [0.15, 0.2) is 0 Å². The van der Waals surface area contributed by atoms with Gasteiger partial charge >= 0.3 is 0 Å². The summed E-state index contributed by atoms with van der Waals surface area (Å²) in [5, 5.41) is 10.8. The summed E-state index contributed by atoms with van der Waals surface area (Å²) in [7, 11) is 0. The predicted octanol–water partition coefficient (Wildman–Crippen LogP) is 2.69. The predicted molar refractivity (Wildman–Crippen MR) is 91.0 cm³/mol. The highest BCUT2D eigenvalue weighted by atomic mass is 16.3. The fraction of sp³-hybridized carbons (Fsp3) is 0.632. The number of nitrogens with zero attached hydrogens (tertiary/aromatic N) is 1. The summed E-state index contributed by atoms with van der Waals surface area (Å²) >= 11 is 0. The minimum absolute atomic E-state index is 0.378. The largest absolute Gasteiger partial charge is 0.390 e. The molecule has 0 spiro atoms. The van der Waals surface area contributed by atoms with E-state index >= 15 is 0 Å². The van der Waals surface area contributed by atoms with Crippen LogP contribution in [0.4, 0.5) is 0 Å². The van der Waals surface area contributed by atoms with Crippen LogP contribution in [0.25, 0.3) is 0 Å². The Morgan fingerprint density at radius 2 is 2.00 bits per heavy atom. The highest BCUT2D eigenvalue weighted by molar-refractivity contribution is 5.92. The van der Waals surface area contributed by atoms with Crippen molar-refractivity contribution in [2.45, 2.75) is 63.6 Å². The van der Waals surface area contributed by atoms with Crippen LogP contribution in [0.3, 0.4) is 0 Å². The van der Waals surface area contributed by atoms with Gasteiger partial charge in [0.1, 0.15) is 0 Å². The standard InChI is InChI=1S/C19H28N2O2/c1-19(23)11-3-2-5-16(19)17-6-4-12-21(17)13-14-7-9-15(10-8-14)18(20)22/h7-10,16-17,23H,2-6,11-13H2,1H3,(H2,20,22). The Hall–Kier alpha value is -1.39. The first-order valence-corrected chi connectivity index (χ1v) is 8.82. The topological polar surface area (TPSA) is 66.6 Å². The van der Waals surface area contributed by atoms with Crippen molar-refractivity contribution in [3.8, 4) is 0 Å². The van der Waals surface area contributed by atoms with Gasteiger partial charge in [-0.1, -0.05) is 25.0 Å². The highest BCUT2D eigenvalue weighted by Crippen LogP contribution is 2.41. The van der Waals surface area contributed by atoms with Crippen LogP contribution in [0.2, 0.25) is 0 Å². The van der Waals surface area contributed by atoms with Gasteiger partial charge in [-0.25, -0.2) is 0 Å². The minimum Gasteiger partial charge on any atom is -0.390 e. The molecule has 23 heavy (non-hydrogen) atoms. The molecule has 1 aliphatic heterocycles. The van der Waals surface area contributed by atoms with Crippen molar-refractivity contribution in [2.24, 2.45) is 11.7 Å². The molecule has 2 fully saturated rings. The monoisotopic (exact) mass is 316 g/mol. The van der Waals surface area contributed by atoms with Crippen molar-refractivity contribution in [1.29, 1.82) is 0 Å². The molecule has 3 unspecified atom stereocenters. The molecule has 0 aromatic heterocycles.